The largest absolute Gasteiger partial charge is 0.340 e. The first-order valence-corrected chi connectivity index (χ1v) is 9.02. The molecule has 4 rings (SSSR count). The van der Waals surface area contributed by atoms with Crippen molar-refractivity contribution in [2.75, 3.05) is 5.32 Å². The molecule has 0 aliphatic rings. The van der Waals surface area contributed by atoms with Crippen LogP contribution in [0, 0.1) is 3.57 Å². The molecule has 3 nitrogen and oxygen atoms in total. The molecular weight excluding hydrogens is 417 g/mol. The summed E-state index contributed by atoms with van der Waals surface area (Å²) in [5.41, 5.74) is 2.23. The van der Waals surface area contributed by atoms with Crippen molar-refractivity contribution in [2.45, 2.75) is 0 Å². The molecule has 0 unspecified atom stereocenters. The number of nitrogens with zero attached hydrogens (tertiary/aromatic N) is 2. The summed E-state index contributed by atoms with van der Waals surface area (Å²) in [4.78, 5) is 11.0. The Balaban J connectivity index is 1.75. The zero-order valence-corrected chi connectivity index (χ0v) is 15.0. The second kappa shape index (κ2) is 6.25. The fourth-order valence-corrected chi connectivity index (χ4v) is 3.73. The molecule has 0 saturated carbocycles. The van der Waals surface area contributed by atoms with Crippen LogP contribution in [-0.2, 0) is 0 Å². The molecule has 0 atom stereocenters. The number of hydrogen-bond acceptors (Lipinski definition) is 4. The monoisotopic (exact) mass is 429 g/mol. The first kappa shape index (κ1) is 14.6. The molecule has 0 saturated heterocycles. The van der Waals surface area contributed by atoms with Gasteiger partial charge in [-0.25, -0.2) is 9.97 Å². The first-order valence-electron chi connectivity index (χ1n) is 7.12. The van der Waals surface area contributed by atoms with Gasteiger partial charge in [0.05, 0.1) is 5.39 Å². The van der Waals surface area contributed by atoms with E-state index in [1.807, 2.05) is 6.07 Å². The molecule has 0 spiro atoms. The molecule has 5 heteroatoms. The lowest BCUT2D eigenvalue weighted by Crippen LogP contribution is -1.94. The van der Waals surface area contributed by atoms with E-state index in [0.717, 1.165) is 21.7 Å². The third-order valence-corrected chi connectivity index (χ3v) is 5.31. The number of rotatable bonds is 3. The van der Waals surface area contributed by atoms with Gasteiger partial charge >= 0.3 is 0 Å². The zero-order chi connectivity index (χ0) is 15.6. The van der Waals surface area contributed by atoms with Crippen molar-refractivity contribution in [3.05, 3.63) is 70.6 Å². The summed E-state index contributed by atoms with van der Waals surface area (Å²) < 4.78 is 1.21. The molecule has 2 aromatic carbocycles. The molecule has 23 heavy (non-hydrogen) atoms. The summed E-state index contributed by atoms with van der Waals surface area (Å²) in [7, 11) is 0. The van der Waals surface area contributed by atoms with E-state index >= 15 is 0 Å². The Hall–Kier alpha value is -1.99. The van der Waals surface area contributed by atoms with Crippen molar-refractivity contribution in [1.29, 1.82) is 0 Å². The van der Waals surface area contributed by atoms with Crippen molar-refractivity contribution in [3.63, 3.8) is 0 Å². The molecule has 0 aliphatic heterocycles. The molecule has 0 radical (unpaired) electrons. The van der Waals surface area contributed by atoms with E-state index in [-0.39, 0.29) is 0 Å². The number of aromatic nitrogens is 2. The number of halogens is 1. The van der Waals surface area contributed by atoms with Crippen molar-refractivity contribution in [2.24, 2.45) is 0 Å². The molecule has 2 heterocycles. The molecule has 2 aromatic heterocycles. The minimum atomic E-state index is 0.842. The third kappa shape index (κ3) is 3.07. The zero-order valence-electron chi connectivity index (χ0n) is 12.0. The molecule has 0 fully saturated rings. The highest BCUT2D eigenvalue weighted by atomic mass is 127. The average Bonchev–Trinajstić information content (AvgIpc) is 3.03. The number of thiophene rings is 1. The third-order valence-electron chi connectivity index (χ3n) is 3.49. The lowest BCUT2D eigenvalue weighted by Gasteiger charge is -2.06. The highest BCUT2D eigenvalue weighted by molar-refractivity contribution is 14.1. The van der Waals surface area contributed by atoms with E-state index in [2.05, 4.69) is 92.5 Å². The Morgan fingerprint density at radius 1 is 0.913 bits per heavy atom. The predicted molar refractivity (Wildman–Crippen MR) is 105 cm³/mol. The van der Waals surface area contributed by atoms with Gasteiger partial charge < -0.3 is 5.32 Å². The van der Waals surface area contributed by atoms with Crippen molar-refractivity contribution < 1.29 is 0 Å². The molecule has 112 valence electrons. The van der Waals surface area contributed by atoms with E-state index in [4.69, 9.17) is 0 Å². The summed E-state index contributed by atoms with van der Waals surface area (Å²) in [6, 6.07) is 20.8. The van der Waals surface area contributed by atoms with E-state index in [9.17, 15) is 0 Å². The van der Waals surface area contributed by atoms with Gasteiger partial charge in [-0.2, -0.15) is 0 Å². The first-order chi connectivity index (χ1) is 11.3. The van der Waals surface area contributed by atoms with Gasteiger partial charge in [-0.05, 0) is 58.5 Å². The number of hydrogen-bond donors (Lipinski definition) is 1. The van der Waals surface area contributed by atoms with Crippen LogP contribution in [0.1, 0.15) is 0 Å². The smallest absolute Gasteiger partial charge is 0.142 e. The van der Waals surface area contributed by atoms with Gasteiger partial charge in [-0.3, -0.25) is 0 Å². The van der Waals surface area contributed by atoms with Gasteiger partial charge in [0.15, 0.2) is 0 Å². The quantitative estimate of drug-likeness (QED) is 0.424. The van der Waals surface area contributed by atoms with E-state index in [0.29, 0.717) is 0 Å². The molecule has 0 aliphatic carbocycles. The minimum Gasteiger partial charge on any atom is -0.340 e. The number of anilines is 2. The number of fused-ring (bicyclic) bond motifs is 1. The van der Waals surface area contributed by atoms with Crippen molar-refractivity contribution >= 4 is 55.6 Å². The molecule has 0 amide bonds. The normalized spacial score (nSPS) is 10.8. The highest BCUT2D eigenvalue weighted by Crippen LogP contribution is 2.35. The van der Waals surface area contributed by atoms with Gasteiger partial charge in [-0.15, -0.1) is 11.3 Å². The van der Waals surface area contributed by atoms with Crippen molar-refractivity contribution in [3.8, 4) is 10.4 Å². The van der Waals surface area contributed by atoms with Crippen LogP contribution in [0.25, 0.3) is 20.7 Å². The van der Waals surface area contributed by atoms with Crippen LogP contribution in [0.5, 0.6) is 0 Å². The van der Waals surface area contributed by atoms with Crippen LogP contribution in [-0.4, -0.2) is 9.97 Å². The second-order valence-electron chi connectivity index (χ2n) is 5.05. The fraction of sp³-hybridized carbons (Fsp3) is 0. The van der Waals surface area contributed by atoms with Crippen LogP contribution < -0.4 is 5.32 Å². The Labute approximate surface area is 151 Å². The summed E-state index contributed by atoms with van der Waals surface area (Å²) in [5.74, 6) is 0.842. The molecular formula is C18H12IN3S. The topological polar surface area (TPSA) is 37.8 Å². The SMILES string of the molecule is Ic1ccc(Nc2ncnc3sc(-c4ccccc4)cc23)cc1. The Morgan fingerprint density at radius 2 is 1.70 bits per heavy atom. The Kier molecular flexibility index (Phi) is 3.97. The average molecular weight is 429 g/mol. The van der Waals surface area contributed by atoms with Crippen LogP contribution in [0.4, 0.5) is 11.5 Å². The number of benzene rings is 2. The van der Waals surface area contributed by atoms with Gasteiger partial charge in [0.1, 0.15) is 17.0 Å². The maximum Gasteiger partial charge on any atom is 0.142 e. The van der Waals surface area contributed by atoms with Gasteiger partial charge in [-0.1, -0.05) is 30.3 Å². The summed E-state index contributed by atoms with van der Waals surface area (Å²) in [5, 5.41) is 4.44. The highest BCUT2D eigenvalue weighted by Gasteiger charge is 2.10. The predicted octanol–water partition coefficient (Wildman–Crippen LogP) is 5.71. The van der Waals surface area contributed by atoms with Crippen LogP contribution in [0.2, 0.25) is 0 Å². The Morgan fingerprint density at radius 3 is 2.48 bits per heavy atom. The van der Waals surface area contributed by atoms with E-state index < -0.39 is 0 Å². The fourth-order valence-electron chi connectivity index (χ4n) is 2.37. The summed E-state index contributed by atoms with van der Waals surface area (Å²) in [6.07, 6.45) is 1.61. The lowest BCUT2D eigenvalue weighted by atomic mass is 10.2. The minimum absolute atomic E-state index is 0.842. The van der Waals surface area contributed by atoms with E-state index in [1.165, 1.54) is 14.0 Å². The maximum absolute atomic E-state index is 4.41. The molecule has 1 N–H and O–H groups in total. The standard InChI is InChI=1S/C18H12IN3S/c19-13-6-8-14(9-7-13)22-17-15-10-16(12-4-2-1-3-5-12)23-18(15)21-11-20-17/h1-11H,(H,20,21,22). The van der Waals surface area contributed by atoms with Crippen LogP contribution in [0.3, 0.4) is 0 Å². The number of nitrogens with one attached hydrogen (secondary N) is 1. The lowest BCUT2D eigenvalue weighted by molar-refractivity contribution is 1.23. The maximum atomic E-state index is 4.41. The van der Waals surface area contributed by atoms with Gasteiger partial charge in [0.2, 0.25) is 0 Å². The molecule has 0 bridgehead atoms. The summed E-state index contributed by atoms with van der Waals surface area (Å²) in [6.45, 7) is 0. The summed E-state index contributed by atoms with van der Waals surface area (Å²) >= 11 is 3.99. The Bertz CT molecular complexity index is 949. The van der Waals surface area contributed by atoms with Gasteiger partial charge in [0, 0.05) is 14.1 Å². The van der Waals surface area contributed by atoms with Crippen molar-refractivity contribution in [1.82, 2.24) is 9.97 Å². The van der Waals surface area contributed by atoms with Gasteiger partial charge in [0.25, 0.3) is 0 Å². The van der Waals surface area contributed by atoms with Crippen LogP contribution >= 0.6 is 33.9 Å². The van der Waals surface area contributed by atoms with E-state index in [1.54, 1.807) is 17.7 Å². The molecule has 4 aromatic rings. The van der Waals surface area contributed by atoms with Crippen LogP contribution in [0.15, 0.2) is 67.0 Å². The second-order valence-corrected chi connectivity index (χ2v) is 7.33.